The zero-order valence-electron chi connectivity index (χ0n) is 21.6. The van der Waals surface area contributed by atoms with Crippen LogP contribution in [0.25, 0.3) is 6.08 Å². The molecule has 0 spiro atoms. The van der Waals surface area contributed by atoms with Crippen LogP contribution in [0, 0.1) is 20.8 Å². The topological polar surface area (TPSA) is 77.1 Å². The van der Waals surface area contributed by atoms with Crippen LogP contribution in [0.1, 0.15) is 42.0 Å². The van der Waals surface area contributed by atoms with E-state index in [0.29, 0.717) is 33.9 Å². The van der Waals surface area contributed by atoms with Crippen LogP contribution in [-0.4, -0.2) is 53.5 Å². The molecule has 0 aliphatic carbocycles. The summed E-state index contributed by atoms with van der Waals surface area (Å²) in [6.45, 7) is 9.34. The van der Waals surface area contributed by atoms with E-state index in [9.17, 15) is 9.59 Å². The van der Waals surface area contributed by atoms with Crippen LogP contribution in [0.5, 0.6) is 11.5 Å². The molecule has 0 saturated carbocycles. The number of benzene rings is 2. The zero-order chi connectivity index (χ0) is 26.5. The van der Waals surface area contributed by atoms with Crippen LogP contribution in [0.3, 0.4) is 0 Å². The van der Waals surface area contributed by atoms with Gasteiger partial charge in [0.2, 0.25) is 0 Å². The van der Waals surface area contributed by atoms with Gasteiger partial charge in [-0.1, -0.05) is 47.7 Å². The molecule has 2 aromatic rings. The summed E-state index contributed by atoms with van der Waals surface area (Å²) in [6, 6.07) is 9.45. The van der Waals surface area contributed by atoms with Crippen molar-refractivity contribution < 1.29 is 23.8 Å². The number of nitrogens with one attached hydrogen (secondary N) is 1. The first kappa shape index (κ1) is 27.2. The average molecular weight is 541 g/mol. The maximum atomic E-state index is 13.0. The van der Waals surface area contributed by atoms with Gasteiger partial charge in [-0.15, -0.1) is 0 Å². The monoisotopic (exact) mass is 540 g/mol. The van der Waals surface area contributed by atoms with Crippen molar-refractivity contribution in [2.24, 2.45) is 0 Å². The lowest BCUT2D eigenvalue weighted by atomic mass is 10.1. The van der Waals surface area contributed by atoms with Crippen LogP contribution in [0.4, 0.5) is 5.69 Å². The van der Waals surface area contributed by atoms with Crippen LogP contribution >= 0.6 is 24.0 Å². The number of carbonyl (C=O) groups excluding carboxylic acids is 2. The quantitative estimate of drug-likeness (QED) is 0.337. The highest BCUT2D eigenvalue weighted by molar-refractivity contribution is 8.26. The number of aryl methyl sites for hydroxylation is 3. The Morgan fingerprint density at radius 2 is 1.95 bits per heavy atom. The fourth-order valence-electron chi connectivity index (χ4n) is 4.50. The number of rotatable bonds is 9. The van der Waals surface area contributed by atoms with Gasteiger partial charge in [-0.25, -0.2) is 0 Å². The van der Waals surface area contributed by atoms with E-state index in [1.807, 2.05) is 45.9 Å². The second kappa shape index (κ2) is 12.1. The highest BCUT2D eigenvalue weighted by Gasteiger charge is 2.34. The molecule has 2 fully saturated rings. The molecule has 2 aromatic carbocycles. The summed E-state index contributed by atoms with van der Waals surface area (Å²) in [6.07, 6.45) is 3.80. The molecule has 7 nitrogen and oxygen atoms in total. The Morgan fingerprint density at radius 3 is 2.62 bits per heavy atom. The van der Waals surface area contributed by atoms with Gasteiger partial charge in [0.1, 0.15) is 4.32 Å². The first-order valence-corrected chi connectivity index (χ1v) is 13.6. The molecular formula is C28H32N2O5S2. The molecule has 2 heterocycles. The number of hydrogen-bond donors (Lipinski definition) is 1. The second-order valence-electron chi connectivity index (χ2n) is 9.18. The molecular weight excluding hydrogens is 508 g/mol. The molecule has 0 radical (unpaired) electrons. The normalized spacial score (nSPS) is 18.5. The summed E-state index contributed by atoms with van der Waals surface area (Å²) in [7, 11) is 0. The van der Waals surface area contributed by atoms with Crippen molar-refractivity contribution in [3.8, 4) is 11.5 Å². The summed E-state index contributed by atoms with van der Waals surface area (Å²) >= 11 is 6.74. The van der Waals surface area contributed by atoms with E-state index in [-0.39, 0.29) is 24.5 Å². The minimum absolute atomic E-state index is 0.0406. The van der Waals surface area contributed by atoms with E-state index >= 15 is 0 Å². The summed E-state index contributed by atoms with van der Waals surface area (Å²) in [5.74, 6) is 0.595. The largest absolute Gasteiger partial charge is 0.490 e. The standard InChI is InChI=1S/C28H32N2O5S2/c1-5-33-23-13-20(14-24-27(32)30(28(36)37-24)15-21-7-6-10-34-21)8-9-22(23)35-16-25(31)29-26-18(3)11-17(2)12-19(26)4/h8-9,11-14,21H,5-7,10,15-16H2,1-4H3,(H,29,31)/b24-14-/t21-/m1/s1. The van der Waals surface area contributed by atoms with E-state index < -0.39 is 0 Å². The third-order valence-corrected chi connectivity index (χ3v) is 7.53. The van der Waals surface area contributed by atoms with Crippen LogP contribution in [0.15, 0.2) is 35.2 Å². The molecule has 196 valence electrons. The molecule has 2 amide bonds. The lowest BCUT2D eigenvalue weighted by molar-refractivity contribution is -0.123. The fourth-order valence-corrected chi connectivity index (χ4v) is 5.77. The minimum atomic E-state index is -0.253. The number of thiocarbonyl (C=S) groups is 1. The van der Waals surface area contributed by atoms with E-state index in [1.54, 1.807) is 23.1 Å². The van der Waals surface area contributed by atoms with E-state index in [4.69, 9.17) is 26.4 Å². The molecule has 1 atom stereocenters. The second-order valence-corrected chi connectivity index (χ2v) is 10.9. The third kappa shape index (κ3) is 6.71. The average Bonchev–Trinajstić information content (AvgIpc) is 3.45. The molecule has 0 aromatic heterocycles. The van der Waals surface area contributed by atoms with Crippen molar-refractivity contribution >= 4 is 51.9 Å². The molecule has 2 aliphatic rings. The number of anilines is 1. The van der Waals surface area contributed by atoms with Gasteiger partial charge in [0, 0.05) is 12.3 Å². The van der Waals surface area contributed by atoms with E-state index in [2.05, 4.69) is 5.32 Å². The number of ether oxygens (including phenoxy) is 3. The van der Waals surface area contributed by atoms with Gasteiger partial charge in [-0.05, 0) is 75.4 Å². The van der Waals surface area contributed by atoms with Crippen LogP contribution in [-0.2, 0) is 14.3 Å². The number of carbonyl (C=O) groups is 2. The Labute approximate surface area is 227 Å². The smallest absolute Gasteiger partial charge is 0.266 e. The van der Waals surface area contributed by atoms with Crippen LogP contribution < -0.4 is 14.8 Å². The summed E-state index contributed by atoms with van der Waals surface area (Å²) in [5.41, 5.74) is 4.74. The number of nitrogens with zero attached hydrogens (tertiary/aromatic N) is 1. The Hall–Kier alpha value is -2.88. The van der Waals surface area contributed by atoms with Crippen molar-refractivity contribution in [2.45, 2.75) is 46.6 Å². The molecule has 4 rings (SSSR count). The van der Waals surface area contributed by atoms with E-state index in [0.717, 1.165) is 47.4 Å². The third-order valence-electron chi connectivity index (χ3n) is 6.15. The lowest BCUT2D eigenvalue weighted by Gasteiger charge is -2.18. The Morgan fingerprint density at radius 1 is 1.19 bits per heavy atom. The Balaban J connectivity index is 1.43. The molecule has 2 aliphatic heterocycles. The number of thioether (sulfide) groups is 1. The zero-order valence-corrected chi connectivity index (χ0v) is 23.2. The Kier molecular flexibility index (Phi) is 8.89. The summed E-state index contributed by atoms with van der Waals surface area (Å²) in [5, 5.41) is 2.95. The lowest BCUT2D eigenvalue weighted by Crippen LogP contribution is -2.35. The summed E-state index contributed by atoms with van der Waals surface area (Å²) in [4.78, 5) is 27.8. The van der Waals surface area contributed by atoms with Gasteiger partial charge < -0.3 is 19.5 Å². The molecule has 2 saturated heterocycles. The molecule has 1 N–H and O–H groups in total. The first-order valence-electron chi connectivity index (χ1n) is 12.4. The molecule has 37 heavy (non-hydrogen) atoms. The van der Waals surface area contributed by atoms with Crippen molar-refractivity contribution in [2.75, 3.05) is 31.7 Å². The van der Waals surface area contributed by atoms with Gasteiger partial charge >= 0.3 is 0 Å². The van der Waals surface area contributed by atoms with Gasteiger partial charge in [0.05, 0.1) is 24.2 Å². The van der Waals surface area contributed by atoms with Gasteiger partial charge in [0.25, 0.3) is 11.8 Å². The predicted molar refractivity (Wildman–Crippen MR) is 151 cm³/mol. The van der Waals surface area contributed by atoms with Gasteiger partial charge in [0.15, 0.2) is 18.1 Å². The highest BCUT2D eigenvalue weighted by atomic mass is 32.2. The van der Waals surface area contributed by atoms with Crippen molar-refractivity contribution in [1.82, 2.24) is 4.90 Å². The van der Waals surface area contributed by atoms with Crippen molar-refractivity contribution in [3.63, 3.8) is 0 Å². The fraction of sp³-hybridized carbons (Fsp3) is 0.393. The van der Waals surface area contributed by atoms with Gasteiger partial charge in [-0.3, -0.25) is 14.5 Å². The Bertz CT molecular complexity index is 1210. The molecule has 0 unspecified atom stereocenters. The molecule has 0 bridgehead atoms. The van der Waals surface area contributed by atoms with Crippen molar-refractivity contribution in [3.05, 3.63) is 57.5 Å². The number of amides is 2. The van der Waals surface area contributed by atoms with Crippen LogP contribution in [0.2, 0.25) is 0 Å². The van der Waals surface area contributed by atoms with Gasteiger partial charge in [-0.2, -0.15) is 0 Å². The number of hydrogen-bond acceptors (Lipinski definition) is 7. The maximum absolute atomic E-state index is 13.0. The SMILES string of the molecule is CCOc1cc(/C=C2\SC(=S)N(C[C@H]3CCCO3)C2=O)ccc1OCC(=O)Nc1c(C)cc(C)cc1C. The molecule has 9 heteroatoms. The first-order chi connectivity index (χ1) is 17.7. The van der Waals surface area contributed by atoms with Crippen molar-refractivity contribution in [1.29, 1.82) is 0 Å². The predicted octanol–water partition coefficient (Wildman–Crippen LogP) is 5.41. The summed E-state index contributed by atoms with van der Waals surface area (Å²) < 4.78 is 17.8. The minimum Gasteiger partial charge on any atom is -0.490 e. The highest BCUT2D eigenvalue weighted by Crippen LogP contribution is 2.35. The maximum Gasteiger partial charge on any atom is 0.266 e. The van der Waals surface area contributed by atoms with E-state index in [1.165, 1.54) is 11.8 Å².